The van der Waals surface area contributed by atoms with Gasteiger partial charge < -0.3 is 15.7 Å². The quantitative estimate of drug-likeness (QED) is 0.513. The van der Waals surface area contributed by atoms with Crippen molar-refractivity contribution in [2.24, 2.45) is 11.8 Å². The Morgan fingerprint density at radius 2 is 1.78 bits per heavy atom. The van der Waals surface area contributed by atoms with Gasteiger partial charge in [0, 0.05) is 24.0 Å². The molecule has 1 aromatic heterocycles. The first-order valence-corrected chi connectivity index (χ1v) is 11.2. The van der Waals surface area contributed by atoms with Crippen LogP contribution in [-0.2, 0) is 9.59 Å². The van der Waals surface area contributed by atoms with Gasteiger partial charge in [-0.15, -0.1) is 0 Å². The van der Waals surface area contributed by atoms with Gasteiger partial charge in [-0.05, 0) is 36.5 Å². The van der Waals surface area contributed by atoms with Crippen molar-refractivity contribution < 1.29 is 19.5 Å². The first-order chi connectivity index (χ1) is 15.2. The zero-order chi connectivity index (χ0) is 23.3. The number of pyridine rings is 1. The summed E-state index contributed by atoms with van der Waals surface area (Å²) in [5, 5.41) is 15.2. The number of carbonyl (C=O) groups is 3. The monoisotopic (exact) mass is 477 g/mol. The van der Waals surface area contributed by atoms with Crippen molar-refractivity contribution in [1.29, 1.82) is 0 Å². The Balaban J connectivity index is 1.71. The first-order valence-electron chi connectivity index (χ1n) is 10.5. The van der Waals surface area contributed by atoms with Gasteiger partial charge in [-0.25, -0.2) is 0 Å². The van der Waals surface area contributed by atoms with E-state index in [-0.39, 0.29) is 33.9 Å². The summed E-state index contributed by atoms with van der Waals surface area (Å²) in [5.74, 6) is -1.21. The van der Waals surface area contributed by atoms with Crippen LogP contribution in [0.2, 0.25) is 10.0 Å². The Hall–Kier alpha value is -2.64. The van der Waals surface area contributed by atoms with E-state index in [4.69, 9.17) is 23.2 Å². The van der Waals surface area contributed by atoms with Gasteiger partial charge in [-0.2, -0.15) is 0 Å². The molecule has 0 bridgehead atoms. The van der Waals surface area contributed by atoms with Crippen molar-refractivity contribution >= 4 is 46.7 Å². The molecule has 3 atom stereocenters. The highest BCUT2D eigenvalue weighted by Crippen LogP contribution is 2.30. The van der Waals surface area contributed by atoms with Crippen LogP contribution in [0.5, 0.6) is 0 Å². The summed E-state index contributed by atoms with van der Waals surface area (Å²) in [4.78, 5) is 40.5. The Kier molecular flexibility index (Phi) is 8.10. The molecule has 0 saturated heterocycles. The van der Waals surface area contributed by atoms with Gasteiger partial charge in [0.05, 0.1) is 28.1 Å². The average molecular weight is 478 g/mol. The Bertz CT molecular complexity index is 977. The topological polar surface area (TPSA) is 108 Å². The summed E-state index contributed by atoms with van der Waals surface area (Å²) in [6.07, 6.45) is 6.18. The number of carboxylic acid groups (broad SMARTS) is 1. The molecule has 3 unspecified atom stereocenters. The molecule has 0 spiro atoms. The van der Waals surface area contributed by atoms with Crippen LogP contribution in [0.3, 0.4) is 0 Å². The lowest BCUT2D eigenvalue weighted by Crippen LogP contribution is -2.36. The summed E-state index contributed by atoms with van der Waals surface area (Å²) in [6, 6.07) is 5.98. The summed E-state index contributed by atoms with van der Waals surface area (Å²) in [6.45, 7) is 2.13. The molecule has 1 aromatic carbocycles. The fourth-order valence-corrected chi connectivity index (χ4v) is 4.55. The highest BCUT2D eigenvalue weighted by molar-refractivity contribution is 6.40. The lowest BCUT2D eigenvalue weighted by atomic mass is 9.82. The summed E-state index contributed by atoms with van der Waals surface area (Å²) in [5.41, 5.74) is 1.23. The number of carboxylic acids is 1. The second-order valence-electron chi connectivity index (χ2n) is 8.18. The van der Waals surface area contributed by atoms with E-state index in [2.05, 4.69) is 22.5 Å². The van der Waals surface area contributed by atoms with Crippen molar-refractivity contribution in [3.8, 4) is 0 Å². The smallest absolute Gasteiger partial charge is 0.305 e. The normalized spacial score (nSPS) is 19.1. The first kappa shape index (κ1) is 24.0. The van der Waals surface area contributed by atoms with E-state index >= 15 is 0 Å². The number of aromatic nitrogens is 1. The summed E-state index contributed by atoms with van der Waals surface area (Å²) in [7, 11) is 0. The number of amides is 2. The van der Waals surface area contributed by atoms with E-state index in [1.165, 1.54) is 12.4 Å². The highest BCUT2D eigenvalue weighted by Gasteiger charge is 2.28. The van der Waals surface area contributed by atoms with Crippen LogP contribution >= 0.6 is 23.2 Å². The zero-order valence-corrected chi connectivity index (χ0v) is 19.1. The molecule has 1 heterocycles. The van der Waals surface area contributed by atoms with E-state index in [0.717, 1.165) is 25.7 Å². The van der Waals surface area contributed by atoms with Gasteiger partial charge in [-0.1, -0.05) is 55.1 Å². The molecular formula is C23H25Cl2N3O4. The van der Waals surface area contributed by atoms with Crippen LogP contribution in [0.15, 0.2) is 36.7 Å². The fourth-order valence-electron chi connectivity index (χ4n) is 4.01. The molecule has 3 N–H and O–H groups in total. The van der Waals surface area contributed by atoms with Crippen molar-refractivity contribution in [1.82, 2.24) is 10.3 Å². The maximum Gasteiger partial charge on any atom is 0.305 e. The molecular weight excluding hydrogens is 453 g/mol. The Labute approximate surface area is 196 Å². The molecule has 32 heavy (non-hydrogen) atoms. The fraction of sp³-hybridized carbons (Fsp3) is 0.391. The predicted octanol–water partition coefficient (Wildman–Crippen LogP) is 5.10. The predicted molar refractivity (Wildman–Crippen MR) is 123 cm³/mol. The van der Waals surface area contributed by atoms with E-state index in [0.29, 0.717) is 17.2 Å². The van der Waals surface area contributed by atoms with Crippen LogP contribution in [-0.4, -0.2) is 27.9 Å². The number of carbonyl (C=O) groups excluding carboxylic acids is 2. The summed E-state index contributed by atoms with van der Waals surface area (Å²) < 4.78 is 0. The number of nitrogens with one attached hydrogen (secondary N) is 2. The minimum atomic E-state index is -1.01. The average Bonchev–Trinajstić information content (AvgIpc) is 2.73. The maximum atomic E-state index is 12.8. The lowest BCUT2D eigenvalue weighted by Gasteiger charge is -2.28. The van der Waals surface area contributed by atoms with E-state index < -0.39 is 17.9 Å². The third kappa shape index (κ3) is 6.20. The zero-order valence-electron chi connectivity index (χ0n) is 17.6. The van der Waals surface area contributed by atoms with Gasteiger partial charge in [0.25, 0.3) is 5.91 Å². The molecule has 170 valence electrons. The van der Waals surface area contributed by atoms with Crippen LogP contribution in [0.1, 0.15) is 61.0 Å². The van der Waals surface area contributed by atoms with Crippen molar-refractivity contribution in [3.05, 3.63) is 57.8 Å². The number of anilines is 1. The number of benzene rings is 1. The molecule has 9 heteroatoms. The van der Waals surface area contributed by atoms with E-state index in [1.54, 1.807) is 24.3 Å². The molecule has 1 aliphatic carbocycles. The third-order valence-electron chi connectivity index (χ3n) is 5.65. The molecule has 7 nitrogen and oxygen atoms in total. The highest BCUT2D eigenvalue weighted by atomic mass is 35.5. The van der Waals surface area contributed by atoms with Crippen LogP contribution in [0.4, 0.5) is 5.69 Å². The number of hydrogen-bond donors (Lipinski definition) is 3. The third-order valence-corrected chi connectivity index (χ3v) is 6.23. The molecule has 1 fully saturated rings. The number of hydrogen-bond acceptors (Lipinski definition) is 4. The number of nitrogens with zero attached hydrogens (tertiary/aromatic N) is 1. The van der Waals surface area contributed by atoms with Crippen molar-refractivity contribution in [2.75, 3.05) is 5.32 Å². The largest absolute Gasteiger partial charge is 0.481 e. The minimum absolute atomic E-state index is 0.0940. The molecule has 2 aromatic rings. The summed E-state index contributed by atoms with van der Waals surface area (Å²) >= 11 is 12.0. The van der Waals surface area contributed by atoms with Crippen molar-refractivity contribution in [3.63, 3.8) is 0 Å². The second-order valence-corrected chi connectivity index (χ2v) is 9.00. The molecule has 1 saturated carbocycles. The van der Waals surface area contributed by atoms with E-state index in [9.17, 15) is 19.5 Å². The van der Waals surface area contributed by atoms with Gasteiger partial charge in [0.1, 0.15) is 0 Å². The van der Waals surface area contributed by atoms with Gasteiger partial charge in [0.15, 0.2) is 0 Å². The molecule has 2 amide bonds. The molecule has 3 rings (SSSR count). The molecule has 0 radical (unpaired) electrons. The van der Waals surface area contributed by atoms with Crippen LogP contribution in [0.25, 0.3) is 0 Å². The number of aliphatic carboxylic acids is 1. The second kappa shape index (κ2) is 10.8. The SMILES string of the molecule is CC1CCCC(C(=O)NC(CC(=O)O)c2ccc(NC(=O)c3c(Cl)cncc3Cl)cc2)C1. The van der Waals surface area contributed by atoms with Crippen molar-refractivity contribution in [2.45, 2.75) is 45.1 Å². The number of halogens is 2. The maximum absolute atomic E-state index is 12.8. The van der Waals surface area contributed by atoms with Crippen LogP contribution < -0.4 is 10.6 Å². The molecule has 0 aliphatic heterocycles. The van der Waals surface area contributed by atoms with Gasteiger partial charge in [0.2, 0.25) is 5.91 Å². The van der Waals surface area contributed by atoms with Gasteiger partial charge >= 0.3 is 5.97 Å². The Morgan fingerprint density at radius 3 is 2.38 bits per heavy atom. The molecule has 1 aliphatic rings. The Morgan fingerprint density at radius 1 is 1.12 bits per heavy atom. The number of rotatable bonds is 7. The van der Waals surface area contributed by atoms with E-state index in [1.807, 2.05) is 0 Å². The minimum Gasteiger partial charge on any atom is -0.481 e. The standard InChI is InChI=1S/C23H25Cl2N3O4/c1-13-3-2-4-15(9-13)22(31)28-19(10-20(29)30)14-5-7-16(8-6-14)27-23(32)21-17(24)11-26-12-18(21)25/h5-8,11-13,15,19H,2-4,9-10H2,1H3,(H,27,32)(H,28,31)(H,29,30). The van der Waals surface area contributed by atoms with Crippen LogP contribution in [0, 0.1) is 11.8 Å². The van der Waals surface area contributed by atoms with Gasteiger partial charge in [-0.3, -0.25) is 19.4 Å². The lowest BCUT2D eigenvalue weighted by molar-refractivity contribution is -0.138.